The number of nitrogens with one attached hydrogen (secondary N) is 1. The van der Waals surface area contributed by atoms with E-state index in [1.165, 1.54) is 0 Å². The first-order chi connectivity index (χ1) is 21.5. The molecule has 0 aliphatic heterocycles. The van der Waals surface area contributed by atoms with Gasteiger partial charge < -0.3 is 19.9 Å². The van der Waals surface area contributed by atoms with Crippen LogP contribution in [0.2, 0.25) is 0 Å². The molecule has 0 radical (unpaired) electrons. The van der Waals surface area contributed by atoms with Gasteiger partial charge in [0.1, 0.15) is 12.2 Å². The Kier molecular flexibility index (Phi) is 8.26. The lowest BCUT2D eigenvalue weighted by atomic mass is 9.79. The van der Waals surface area contributed by atoms with Gasteiger partial charge in [-0.2, -0.15) is 0 Å². The highest BCUT2D eigenvalue weighted by Crippen LogP contribution is 2.45. The van der Waals surface area contributed by atoms with Crippen molar-refractivity contribution in [2.24, 2.45) is 0 Å². The zero-order valence-electron chi connectivity index (χ0n) is 24.3. The van der Waals surface area contributed by atoms with Gasteiger partial charge in [0.15, 0.2) is 6.04 Å². The molecule has 44 heavy (non-hydrogen) atoms. The van der Waals surface area contributed by atoms with Gasteiger partial charge in [0.25, 0.3) is 0 Å². The fraction of sp³-hybridized carbons (Fsp3) is 0.158. The minimum atomic E-state index is -1.39. The Bertz CT molecular complexity index is 1600. The SMILES string of the molecule is CC(OC(c1ccccc1)(c1ccccc1)c1ccccc1)C(NC(=O)OCC1c2ccccc2-c2ccccc21)C(=O)O. The topological polar surface area (TPSA) is 84.9 Å². The first-order valence-electron chi connectivity index (χ1n) is 14.7. The van der Waals surface area contributed by atoms with E-state index >= 15 is 0 Å². The second-order valence-electron chi connectivity index (χ2n) is 10.9. The van der Waals surface area contributed by atoms with Gasteiger partial charge in [0, 0.05) is 5.92 Å². The predicted octanol–water partition coefficient (Wildman–Crippen LogP) is 7.38. The Balaban J connectivity index is 1.26. The number of carboxylic acid groups (broad SMARTS) is 1. The van der Waals surface area contributed by atoms with Crippen LogP contribution in [0.4, 0.5) is 4.79 Å². The van der Waals surface area contributed by atoms with E-state index in [2.05, 4.69) is 17.4 Å². The number of ether oxygens (including phenoxy) is 2. The third kappa shape index (κ3) is 5.48. The van der Waals surface area contributed by atoms with Gasteiger partial charge in [-0.25, -0.2) is 9.59 Å². The second-order valence-corrected chi connectivity index (χ2v) is 10.9. The molecule has 1 aliphatic carbocycles. The molecule has 5 aromatic carbocycles. The highest BCUT2D eigenvalue weighted by Gasteiger charge is 2.42. The van der Waals surface area contributed by atoms with Crippen molar-refractivity contribution in [3.8, 4) is 11.1 Å². The molecule has 1 aliphatic rings. The van der Waals surface area contributed by atoms with Crippen LogP contribution in [0.25, 0.3) is 11.1 Å². The first kappa shape index (κ1) is 28.9. The van der Waals surface area contributed by atoms with Gasteiger partial charge in [0.2, 0.25) is 0 Å². The van der Waals surface area contributed by atoms with Crippen LogP contribution in [0.15, 0.2) is 140 Å². The highest BCUT2D eigenvalue weighted by molar-refractivity contribution is 5.81. The molecular formula is C38H33NO5. The van der Waals surface area contributed by atoms with Crippen LogP contribution in [0.5, 0.6) is 0 Å². The first-order valence-corrected chi connectivity index (χ1v) is 14.7. The average molecular weight is 584 g/mol. The van der Waals surface area contributed by atoms with E-state index in [1.54, 1.807) is 6.92 Å². The van der Waals surface area contributed by atoms with Gasteiger partial charge in [0.05, 0.1) is 6.10 Å². The van der Waals surface area contributed by atoms with Crippen molar-refractivity contribution in [1.82, 2.24) is 5.32 Å². The Hall–Kier alpha value is -5.20. The molecule has 0 aromatic heterocycles. The summed E-state index contributed by atoms with van der Waals surface area (Å²) in [4.78, 5) is 25.8. The number of amides is 1. The Labute approximate surface area is 256 Å². The number of carbonyl (C=O) groups is 2. The average Bonchev–Trinajstić information content (AvgIpc) is 3.39. The number of alkyl carbamates (subject to hydrolysis) is 1. The molecule has 0 spiro atoms. The molecule has 0 fully saturated rings. The molecule has 220 valence electrons. The lowest BCUT2D eigenvalue weighted by molar-refractivity contribution is -0.146. The molecule has 2 atom stereocenters. The minimum absolute atomic E-state index is 0.0728. The number of rotatable bonds is 10. The summed E-state index contributed by atoms with van der Waals surface area (Å²) in [5, 5.41) is 12.9. The van der Waals surface area contributed by atoms with Crippen LogP contribution in [0.1, 0.15) is 40.7 Å². The predicted molar refractivity (Wildman–Crippen MR) is 169 cm³/mol. The maximum Gasteiger partial charge on any atom is 0.407 e. The maximum absolute atomic E-state index is 13.2. The van der Waals surface area contributed by atoms with E-state index in [0.29, 0.717) is 0 Å². The van der Waals surface area contributed by atoms with Gasteiger partial charge in [-0.15, -0.1) is 0 Å². The zero-order valence-corrected chi connectivity index (χ0v) is 24.3. The smallest absolute Gasteiger partial charge is 0.407 e. The quantitative estimate of drug-likeness (QED) is 0.168. The molecule has 0 saturated carbocycles. The van der Waals surface area contributed by atoms with Crippen molar-refractivity contribution in [2.45, 2.75) is 30.6 Å². The van der Waals surface area contributed by atoms with Crippen molar-refractivity contribution in [1.29, 1.82) is 0 Å². The fourth-order valence-electron chi connectivity index (χ4n) is 6.22. The summed E-state index contributed by atoms with van der Waals surface area (Å²) in [6.45, 7) is 1.73. The summed E-state index contributed by atoms with van der Waals surface area (Å²) >= 11 is 0. The number of benzene rings is 5. The lowest BCUT2D eigenvalue weighted by Gasteiger charge is -2.39. The summed E-state index contributed by atoms with van der Waals surface area (Å²) in [5.41, 5.74) is 5.71. The molecule has 6 heteroatoms. The number of carboxylic acids is 1. The number of fused-ring (bicyclic) bond motifs is 3. The number of hydrogen-bond acceptors (Lipinski definition) is 4. The molecule has 2 unspecified atom stereocenters. The summed E-state index contributed by atoms with van der Waals surface area (Å²) in [5.74, 6) is -1.37. The summed E-state index contributed by atoms with van der Waals surface area (Å²) in [6, 6.07) is 43.8. The molecule has 0 heterocycles. The Morgan fingerprint density at radius 3 is 1.52 bits per heavy atom. The van der Waals surface area contributed by atoms with E-state index < -0.39 is 29.8 Å². The highest BCUT2D eigenvalue weighted by atomic mass is 16.6. The molecule has 6 nitrogen and oxygen atoms in total. The maximum atomic E-state index is 13.2. The molecule has 2 N–H and O–H groups in total. The third-order valence-corrected chi connectivity index (χ3v) is 8.26. The summed E-state index contributed by atoms with van der Waals surface area (Å²) in [6.07, 6.45) is -1.78. The van der Waals surface area contributed by atoms with E-state index in [-0.39, 0.29) is 12.5 Å². The normalized spacial score (nSPS) is 13.8. The number of hydrogen-bond donors (Lipinski definition) is 2. The molecule has 0 bridgehead atoms. The van der Waals surface area contributed by atoms with E-state index in [1.807, 2.05) is 127 Å². The van der Waals surface area contributed by atoms with Gasteiger partial charge >= 0.3 is 12.1 Å². The van der Waals surface area contributed by atoms with Gasteiger partial charge in [-0.3, -0.25) is 0 Å². The monoisotopic (exact) mass is 583 g/mol. The van der Waals surface area contributed by atoms with Gasteiger partial charge in [-0.1, -0.05) is 140 Å². The molecule has 0 saturated heterocycles. The van der Waals surface area contributed by atoms with Crippen LogP contribution < -0.4 is 5.32 Å². The van der Waals surface area contributed by atoms with E-state index in [0.717, 1.165) is 38.9 Å². The van der Waals surface area contributed by atoms with Crippen LogP contribution in [0, 0.1) is 0 Å². The van der Waals surface area contributed by atoms with Crippen LogP contribution >= 0.6 is 0 Å². The van der Waals surface area contributed by atoms with E-state index in [4.69, 9.17) is 9.47 Å². The van der Waals surface area contributed by atoms with Crippen LogP contribution in [0.3, 0.4) is 0 Å². The number of aliphatic carboxylic acids is 1. The summed E-state index contributed by atoms with van der Waals surface area (Å²) < 4.78 is 12.5. The Morgan fingerprint density at radius 2 is 1.09 bits per heavy atom. The van der Waals surface area contributed by atoms with E-state index in [9.17, 15) is 14.7 Å². The number of carbonyl (C=O) groups excluding carboxylic acids is 1. The van der Waals surface area contributed by atoms with Crippen molar-refractivity contribution < 1.29 is 24.2 Å². The van der Waals surface area contributed by atoms with Crippen molar-refractivity contribution in [3.63, 3.8) is 0 Å². The fourth-order valence-corrected chi connectivity index (χ4v) is 6.22. The van der Waals surface area contributed by atoms with Gasteiger partial charge in [-0.05, 0) is 45.9 Å². The molecule has 1 amide bonds. The lowest BCUT2D eigenvalue weighted by Crippen LogP contribution is -2.51. The van der Waals surface area contributed by atoms with Crippen LogP contribution in [-0.4, -0.2) is 35.9 Å². The molecular weight excluding hydrogens is 550 g/mol. The molecule has 5 aromatic rings. The third-order valence-electron chi connectivity index (χ3n) is 8.26. The van der Waals surface area contributed by atoms with Crippen molar-refractivity contribution >= 4 is 12.1 Å². The van der Waals surface area contributed by atoms with Crippen LogP contribution in [-0.2, 0) is 19.9 Å². The minimum Gasteiger partial charge on any atom is -0.480 e. The molecule has 6 rings (SSSR count). The van der Waals surface area contributed by atoms with Crippen molar-refractivity contribution in [3.05, 3.63) is 167 Å². The Morgan fingerprint density at radius 1 is 0.682 bits per heavy atom. The standard InChI is InChI=1S/C38H33NO5/c1-26(44-38(27-15-5-2-6-16-27,28-17-7-3-8-18-28)29-19-9-4-10-20-29)35(36(40)41)39-37(42)43-25-34-32-23-13-11-21-30(32)31-22-12-14-24-33(31)34/h2-24,26,34-35H,25H2,1H3,(H,39,42)(H,40,41). The summed E-state index contributed by atoms with van der Waals surface area (Å²) in [7, 11) is 0. The van der Waals surface area contributed by atoms with Crippen molar-refractivity contribution in [2.75, 3.05) is 6.61 Å². The second kappa shape index (κ2) is 12.6. The zero-order chi connectivity index (χ0) is 30.5. The largest absolute Gasteiger partial charge is 0.480 e.